The smallest absolute Gasteiger partial charge is 0.279 e. The zero-order valence-corrected chi connectivity index (χ0v) is 12.6. The van der Waals surface area contributed by atoms with Gasteiger partial charge < -0.3 is 5.32 Å². The summed E-state index contributed by atoms with van der Waals surface area (Å²) >= 11 is 0. The Balaban J connectivity index is 2.55. The van der Waals surface area contributed by atoms with Gasteiger partial charge in [-0.3, -0.25) is 0 Å². The van der Waals surface area contributed by atoms with Crippen molar-refractivity contribution in [3.05, 3.63) is 0 Å². The zero-order chi connectivity index (χ0) is 13.6. The minimum Gasteiger partial charge on any atom is -0.319 e. The molecule has 0 aromatic heterocycles. The average molecular weight is 277 g/mol. The Hall–Kier alpha value is -0.170. The fraction of sp³-hybridized carbons (Fsp3) is 1.00. The lowest BCUT2D eigenvalue weighted by molar-refractivity contribution is 0.259. The van der Waals surface area contributed by atoms with Crippen LogP contribution >= 0.6 is 0 Å². The van der Waals surface area contributed by atoms with Gasteiger partial charge in [-0.1, -0.05) is 13.3 Å². The van der Waals surface area contributed by atoms with E-state index in [1.807, 2.05) is 14.0 Å². The van der Waals surface area contributed by atoms with E-state index < -0.39 is 10.2 Å². The molecule has 0 radical (unpaired) electrons. The van der Waals surface area contributed by atoms with Crippen molar-refractivity contribution in [2.24, 2.45) is 5.92 Å². The van der Waals surface area contributed by atoms with Crippen LogP contribution in [0.1, 0.15) is 39.5 Å². The Morgan fingerprint density at radius 2 is 2.17 bits per heavy atom. The van der Waals surface area contributed by atoms with Crippen molar-refractivity contribution in [3.8, 4) is 0 Å². The van der Waals surface area contributed by atoms with E-state index >= 15 is 0 Å². The lowest BCUT2D eigenvalue weighted by Crippen LogP contribution is -2.49. The molecule has 0 saturated carbocycles. The largest absolute Gasteiger partial charge is 0.319 e. The molecule has 0 spiro atoms. The third-order valence-corrected chi connectivity index (χ3v) is 5.10. The van der Waals surface area contributed by atoms with Crippen LogP contribution in [0.15, 0.2) is 0 Å². The normalized spacial score (nSPS) is 24.1. The maximum absolute atomic E-state index is 12.2. The van der Waals surface area contributed by atoms with Crippen LogP contribution in [0, 0.1) is 5.92 Å². The van der Waals surface area contributed by atoms with Crippen LogP contribution in [0.25, 0.3) is 0 Å². The molecular formula is C12H27N3O2S. The van der Waals surface area contributed by atoms with E-state index in [0.29, 0.717) is 19.0 Å². The van der Waals surface area contributed by atoms with Gasteiger partial charge in [0.05, 0.1) is 0 Å². The zero-order valence-electron chi connectivity index (χ0n) is 11.8. The lowest BCUT2D eigenvalue weighted by Gasteiger charge is -2.32. The molecule has 0 aromatic rings. The van der Waals surface area contributed by atoms with Gasteiger partial charge in [0.15, 0.2) is 0 Å². The highest BCUT2D eigenvalue weighted by molar-refractivity contribution is 7.87. The molecule has 6 heteroatoms. The SMILES string of the molecule is CCCC(C)NS(=O)(=O)N1CCCC(CNC)C1. The second kappa shape index (κ2) is 7.43. The van der Waals surface area contributed by atoms with Crippen LogP contribution in [0.5, 0.6) is 0 Å². The van der Waals surface area contributed by atoms with Crippen molar-refractivity contribution < 1.29 is 8.42 Å². The van der Waals surface area contributed by atoms with Gasteiger partial charge in [0.2, 0.25) is 0 Å². The molecular weight excluding hydrogens is 250 g/mol. The highest BCUT2D eigenvalue weighted by Crippen LogP contribution is 2.18. The Morgan fingerprint density at radius 3 is 2.78 bits per heavy atom. The van der Waals surface area contributed by atoms with Gasteiger partial charge >= 0.3 is 0 Å². The van der Waals surface area contributed by atoms with Crippen LogP contribution in [-0.2, 0) is 10.2 Å². The van der Waals surface area contributed by atoms with Gasteiger partial charge in [-0.25, -0.2) is 0 Å². The number of piperidine rings is 1. The predicted octanol–water partition coefficient (Wildman–Crippen LogP) is 0.941. The van der Waals surface area contributed by atoms with E-state index in [1.54, 1.807) is 4.31 Å². The molecule has 0 amide bonds. The number of nitrogens with zero attached hydrogens (tertiary/aromatic N) is 1. The quantitative estimate of drug-likeness (QED) is 0.728. The molecule has 1 rings (SSSR count). The third-order valence-electron chi connectivity index (χ3n) is 3.39. The number of hydrogen-bond acceptors (Lipinski definition) is 3. The van der Waals surface area contributed by atoms with E-state index in [9.17, 15) is 8.42 Å². The van der Waals surface area contributed by atoms with Crippen molar-refractivity contribution >= 4 is 10.2 Å². The summed E-state index contributed by atoms with van der Waals surface area (Å²) in [6.07, 6.45) is 3.94. The van der Waals surface area contributed by atoms with Gasteiger partial charge in [0, 0.05) is 19.1 Å². The van der Waals surface area contributed by atoms with E-state index in [1.165, 1.54) is 0 Å². The van der Waals surface area contributed by atoms with Crippen LogP contribution < -0.4 is 10.0 Å². The van der Waals surface area contributed by atoms with E-state index in [0.717, 1.165) is 32.2 Å². The minimum absolute atomic E-state index is 0.0182. The molecule has 2 atom stereocenters. The summed E-state index contributed by atoms with van der Waals surface area (Å²) in [7, 11) is -1.39. The van der Waals surface area contributed by atoms with Gasteiger partial charge in [-0.2, -0.15) is 17.4 Å². The molecule has 0 bridgehead atoms. The molecule has 0 aromatic carbocycles. The first kappa shape index (κ1) is 15.9. The lowest BCUT2D eigenvalue weighted by atomic mass is 10.00. The second-order valence-corrected chi connectivity index (χ2v) is 6.94. The monoisotopic (exact) mass is 277 g/mol. The fourth-order valence-corrected chi connectivity index (χ4v) is 4.07. The summed E-state index contributed by atoms with van der Waals surface area (Å²) in [6, 6.07) is 0.0182. The van der Waals surface area contributed by atoms with Crippen molar-refractivity contribution in [3.63, 3.8) is 0 Å². The van der Waals surface area contributed by atoms with Gasteiger partial charge in [-0.05, 0) is 45.7 Å². The third kappa shape index (κ3) is 4.84. The summed E-state index contributed by atoms with van der Waals surface area (Å²) in [5.41, 5.74) is 0. The summed E-state index contributed by atoms with van der Waals surface area (Å²) < 4.78 is 28.8. The van der Waals surface area contributed by atoms with Crippen molar-refractivity contribution in [1.29, 1.82) is 0 Å². The van der Waals surface area contributed by atoms with Crippen LogP contribution in [-0.4, -0.2) is 45.4 Å². The molecule has 1 fully saturated rings. The van der Waals surface area contributed by atoms with E-state index in [4.69, 9.17) is 0 Å². The summed E-state index contributed by atoms with van der Waals surface area (Å²) in [6.45, 7) is 6.16. The maximum Gasteiger partial charge on any atom is 0.279 e. The van der Waals surface area contributed by atoms with E-state index in [-0.39, 0.29) is 6.04 Å². The molecule has 0 aliphatic carbocycles. The predicted molar refractivity (Wildman–Crippen MR) is 74.6 cm³/mol. The maximum atomic E-state index is 12.2. The molecule has 1 heterocycles. The number of hydrogen-bond donors (Lipinski definition) is 2. The number of rotatable bonds is 7. The summed E-state index contributed by atoms with van der Waals surface area (Å²) in [4.78, 5) is 0. The molecule has 5 nitrogen and oxygen atoms in total. The fourth-order valence-electron chi connectivity index (χ4n) is 2.52. The molecule has 18 heavy (non-hydrogen) atoms. The summed E-state index contributed by atoms with van der Waals surface area (Å²) in [5.74, 6) is 0.432. The molecule has 1 saturated heterocycles. The summed E-state index contributed by atoms with van der Waals surface area (Å²) in [5, 5.41) is 3.13. The Kier molecular flexibility index (Phi) is 6.55. The van der Waals surface area contributed by atoms with Crippen LogP contribution in [0.3, 0.4) is 0 Å². The Labute approximate surface area is 112 Å². The van der Waals surface area contributed by atoms with E-state index in [2.05, 4.69) is 17.0 Å². The highest BCUT2D eigenvalue weighted by Gasteiger charge is 2.29. The number of nitrogens with one attached hydrogen (secondary N) is 2. The Bertz CT molecular complexity index is 330. The van der Waals surface area contributed by atoms with Gasteiger partial charge in [0.25, 0.3) is 10.2 Å². The van der Waals surface area contributed by atoms with Crippen LogP contribution in [0.2, 0.25) is 0 Å². The Morgan fingerprint density at radius 1 is 1.44 bits per heavy atom. The first-order valence-electron chi connectivity index (χ1n) is 6.91. The second-order valence-electron chi connectivity index (χ2n) is 5.24. The van der Waals surface area contributed by atoms with Crippen LogP contribution in [0.4, 0.5) is 0 Å². The molecule has 2 unspecified atom stereocenters. The highest BCUT2D eigenvalue weighted by atomic mass is 32.2. The molecule has 1 aliphatic heterocycles. The average Bonchev–Trinajstić information content (AvgIpc) is 2.29. The molecule has 2 N–H and O–H groups in total. The molecule has 1 aliphatic rings. The molecule has 108 valence electrons. The minimum atomic E-state index is -3.30. The van der Waals surface area contributed by atoms with Crippen molar-refractivity contribution in [1.82, 2.24) is 14.3 Å². The van der Waals surface area contributed by atoms with Gasteiger partial charge in [0.1, 0.15) is 0 Å². The topological polar surface area (TPSA) is 61.4 Å². The standard InChI is InChI=1S/C12H27N3O2S/c1-4-6-11(2)14-18(16,17)15-8-5-7-12(10-15)9-13-3/h11-14H,4-10H2,1-3H3. The van der Waals surface area contributed by atoms with Crippen molar-refractivity contribution in [2.75, 3.05) is 26.7 Å². The van der Waals surface area contributed by atoms with Crippen molar-refractivity contribution in [2.45, 2.75) is 45.6 Å². The van der Waals surface area contributed by atoms with Gasteiger partial charge in [-0.15, -0.1) is 0 Å². The first-order valence-corrected chi connectivity index (χ1v) is 8.35. The first-order chi connectivity index (χ1) is 8.49.